The molecule has 8 nitrogen and oxygen atoms in total. The summed E-state index contributed by atoms with van der Waals surface area (Å²) < 4.78 is 0. The van der Waals surface area contributed by atoms with Crippen molar-refractivity contribution in [2.24, 2.45) is 22.4 Å². The Hall–Kier alpha value is -3.42. The van der Waals surface area contributed by atoms with Gasteiger partial charge in [-0.1, -0.05) is 42.5 Å². The molecule has 2 aromatic rings. The number of aliphatic imine (C=N–C) groups is 1. The van der Waals surface area contributed by atoms with E-state index < -0.39 is 12.1 Å². The van der Waals surface area contributed by atoms with Crippen LogP contribution >= 0.6 is 0 Å². The zero-order valence-electron chi connectivity index (χ0n) is 19.4. The van der Waals surface area contributed by atoms with Gasteiger partial charge in [-0.15, -0.1) is 0 Å². The highest BCUT2D eigenvalue weighted by molar-refractivity contribution is 5.91. The Morgan fingerprint density at radius 2 is 1.88 bits per heavy atom. The summed E-state index contributed by atoms with van der Waals surface area (Å²) in [6.07, 6.45) is 5.62. The number of benzene rings is 2. The third kappa shape index (κ3) is 5.38. The number of nitrogens with one attached hydrogen (secondary N) is 1. The van der Waals surface area contributed by atoms with E-state index in [-0.39, 0.29) is 29.7 Å². The lowest BCUT2D eigenvalue weighted by Crippen LogP contribution is -2.54. The first-order valence-corrected chi connectivity index (χ1v) is 12.1. The van der Waals surface area contributed by atoms with Crippen LogP contribution in [0.3, 0.4) is 0 Å². The van der Waals surface area contributed by atoms with Crippen molar-refractivity contribution >= 4 is 34.8 Å². The predicted molar refractivity (Wildman–Crippen MR) is 132 cm³/mol. The molecule has 2 fully saturated rings. The van der Waals surface area contributed by atoms with E-state index in [1.165, 1.54) is 10.8 Å². The third-order valence-electron chi connectivity index (χ3n) is 7.01. The molecule has 0 aliphatic carbocycles. The van der Waals surface area contributed by atoms with E-state index in [1.807, 2.05) is 12.1 Å². The quantitative estimate of drug-likeness (QED) is 0.226. The van der Waals surface area contributed by atoms with Gasteiger partial charge in [-0.25, -0.2) is 0 Å². The lowest BCUT2D eigenvalue weighted by molar-refractivity contribution is -0.147. The van der Waals surface area contributed by atoms with E-state index in [9.17, 15) is 14.4 Å². The molecular weight excluding hydrogens is 430 g/mol. The maximum atomic E-state index is 13.5. The molecule has 5 N–H and O–H groups in total. The minimum absolute atomic E-state index is 0.00513. The summed E-state index contributed by atoms with van der Waals surface area (Å²) in [5, 5.41) is 5.17. The van der Waals surface area contributed by atoms with Crippen molar-refractivity contribution in [3.05, 3.63) is 48.0 Å². The fourth-order valence-electron chi connectivity index (χ4n) is 5.30. The van der Waals surface area contributed by atoms with Crippen LogP contribution in [0.4, 0.5) is 0 Å². The van der Waals surface area contributed by atoms with Crippen LogP contribution in [0.25, 0.3) is 10.8 Å². The molecule has 0 saturated carbocycles. The average molecular weight is 464 g/mol. The molecule has 2 amide bonds. The van der Waals surface area contributed by atoms with Crippen LogP contribution in [-0.4, -0.2) is 53.6 Å². The van der Waals surface area contributed by atoms with Crippen LogP contribution in [0.5, 0.6) is 0 Å². The van der Waals surface area contributed by atoms with Crippen LogP contribution in [0, 0.1) is 5.92 Å². The number of carbonyl (C=O) groups is 3. The molecule has 34 heavy (non-hydrogen) atoms. The van der Waals surface area contributed by atoms with E-state index in [1.54, 1.807) is 4.90 Å². The number of hydrogen-bond donors (Lipinski definition) is 3. The van der Waals surface area contributed by atoms with Gasteiger partial charge >= 0.3 is 0 Å². The Morgan fingerprint density at radius 3 is 2.65 bits per heavy atom. The third-order valence-corrected chi connectivity index (χ3v) is 7.01. The summed E-state index contributed by atoms with van der Waals surface area (Å²) >= 11 is 0. The summed E-state index contributed by atoms with van der Waals surface area (Å²) in [7, 11) is 0. The highest BCUT2D eigenvalue weighted by Crippen LogP contribution is 2.36. The number of piperidine rings is 1. The molecule has 2 aromatic carbocycles. The molecule has 3 unspecified atom stereocenters. The van der Waals surface area contributed by atoms with Gasteiger partial charge in [0.1, 0.15) is 12.3 Å². The van der Waals surface area contributed by atoms with Crippen LogP contribution in [-0.2, 0) is 20.8 Å². The van der Waals surface area contributed by atoms with E-state index in [2.05, 4.69) is 40.6 Å². The van der Waals surface area contributed by atoms with Crippen molar-refractivity contribution in [2.75, 3.05) is 6.54 Å². The van der Waals surface area contributed by atoms with Gasteiger partial charge in [0.15, 0.2) is 5.96 Å². The largest absolute Gasteiger partial charge is 0.370 e. The highest BCUT2D eigenvalue weighted by Gasteiger charge is 2.46. The summed E-state index contributed by atoms with van der Waals surface area (Å²) in [4.78, 5) is 43.7. The van der Waals surface area contributed by atoms with Crippen molar-refractivity contribution in [1.82, 2.24) is 10.2 Å². The second-order valence-electron chi connectivity index (χ2n) is 9.35. The Balaban J connectivity index is 1.39. The van der Waals surface area contributed by atoms with Crippen molar-refractivity contribution in [3.63, 3.8) is 0 Å². The fourth-order valence-corrected chi connectivity index (χ4v) is 5.30. The second-order valence-corrected chi connectivity index (χ2v) is 9.35. The first-order valence-electron chi connectivity index (χ1n) is 12.1. The van der Waals surface area contributed by atoms with Crippen molar-refractivity contribution < 1.29 is 14.4 Å². The summed E-state index contributed by atoms with van der Waals surface area (Å²) in [5.41, 5.74) is 11.8. The Labute approximate surface area is 199 Å². The number of amides is 2. The van der Waals surface area contributed by atoms with Gasteiger partial charge in [-0.3, -0.25) is 14.6 Å². The minimum atomic E-state index is -0.617. The Morgan fingerprint density at radius 1 is 1.12 bits per heavy atom. The van der Waals surface area contributed by atoms with E-state index in [0.29, 0.717) is 32.2 Å². The molecule has 0 bridgehead atoms. The Kier molecular flexibility index (Phi) is 7.45. The molecule has 0 spiro atoms. The Bertz CT molecular complexity index is 1080. The van der Waals surface area contributed by atoms with Gasteiger partial charge in [0.05, 0.1) is 6.04 Å². The van der Waals surface area contributed by atoms with Gasteiger partial charge < -0.3 is 26.5 Å². The van der Waals surface area contributed by atoms with Gasteiger partial charge in [0, 0.05) is 18.5 Å². The second kappa shape index (κ2) is 10.7. The monoisotopic (exact) mass is 463 g/mol. The SMILES string of the molecule is NC(N)=NCCC[C@@H](C=O)NC(=O)C1CCC2CCC(Cc3ccc4ccccc4c3)C(=O)N21. The van der Waals surface area contributed by atoms with Gasteiger partial charge in [-0.2, -0.15) is 0 Å². The molecule has 4 rings (SSSR count). The molecule has 8 heteroatoms. The molecule has 0 radical (unpaired) electrons. The van der Waals surface area contributed by atoms with Crippen molar-refractivity contribution in [1.29, 1.82) is 0 Å². The first kappa shape index (κ1) is 23.7. The number of guanidine groups is 1. The number of nitrogens with two attached hydrogens (primary N) is 2. The van der Waals surface area contributed by atoms with Crippen LogP contribution in [0.2, 0.25) is 0 Å². The summed E-state index contributed by atoms with van der Waals surface area (Å²) in [6.45, 7) is 0.398. The van der Waals surface area contributed by atoms with Crippen molar-refractivity contribution in [3.8, 4) is 0 Å². The van der Waals surface area contributed by atoms with E-state index in [0.717, 1.165) is 31.1 Å². The molecule has 2 heterocycles. The maximum Gasteiger partial charge on any atom is 0.243 e. The first-order chi connectivity index (χ1) is 16.5. The summed E-state index contributed by atoms with van der Waals surface area (Å²) in [5.74, 6) is -0.323. The fraction of sp³-hybridized carbons (Fsp3) is 0.462. The topological polar surface area (TPSA) is 131 Å². The standard InChI is InChI=1S/C26H33N5O3/c27-26(28)29-13-3-6-21(16-32)30-24(33)23-12-11-22-10-9-20(25(34)31(22)23)15-17-7-8-18-4-1-2-5-19(18)14-17/h1-2,4-5,7-8,14,16,20-23H,3,6,9-13,15H2,(H,30,33)(H4,27,28,29)/t20?,21-,22?,23?/m0/s1. The zero-order chi connectivity index (χ0) is 24.1. The summed E-state index contributed by atoms with van der Waals surface area (Å²) in [6, 6.07) is 13.5. The maximum absolute atomic E-state index is 13.5. The van der Waals surface area contributed by atoms with Gasteiger partial charge in [-0.05, 0) is 61.3 Å². The number of nitrogens with zero attached hydrogens (tertiary/aromatic N) is 2. The van der Waals surface area contributed by atoms with Crippen LogP contribution < -0.4 is 16.8 Å². The van der Waals surface area contributed by atoms with Gasteiger partial charge in [0.25, 0.3) is 0 Å². The van der Waals surface area contributed by atoms with Crippen LogP contribution in [0.1, 0.15) is 44.1 Å². The zero-order valence-corrected chi connectivity index (χ0v) is 19.4. The van der Waals surface area contributed by atoms with Crippen molar-refractivity contribution in [2.45, 2.75) is 63.1 Å². The number of carbonyl (C=O) groups excluding carboxylic acids is 3. The van der Waals surface area contributed by atoms with Crippen LogP contribution in [0.15, 0.2) is 47.5 Å². The lowest BCUT2D eigenvalue weighted by Gasteiger charge is -2.38. The molecule has 2 aliphatic heterocycles. The molecule has 2 aliphatic rings. The highest BCUT2D eigenvalue weighted by atomic mass is 16.2. The number of fused-ring (bicyclic) bond motifs is 2. The molecule has 0 aromatic heterocycles. The lowest BCUT2D eigenvalue weighted by atomic mass is 9.87. The number of hydrogen-bond acceptors (Lipinski definition) is 4. The molecule has 4 atom stereocenters. The molecular formula is C26H33N5O3. The van der Waals surface area contributed by atoms with E-state index >= 15 is 0 Å². The normalized spacial score (nSPS) is 22.8. The number of rotatable bonds is 9. The number of aldehydes is 1. The van der Waals surface area contributed by atoms with Gasteiger partial charge in [0.2, 0.25) is 11.8 Å². The van der Waals surface area contributed by atoms with E-state index in [4.69, 9.17) is 11.5 Å². The molecule has 2 saturated heterocycles. The predicted octanol–water partition coefficient (Wildman–Crippen LogP) is 1.89. The molecule has 180 valence electrons. The smallest absolute Gasteiger partial charge is 0.243 e. The minimum Gasteiger partial charge on any atom is -0.370 e. The average Bonchev–Trinajstić information content (AvgIpc) is 3.27.